The summed E-state index contributed by atoms with van der Waals surface area (Å²) in [6, 6.07) is 0. The molecule has 0 bridgehead atoms. The fraction of sp³-hybridized carbons (Fsp3) is 0.500. The van der Waals surface area contributed by atoms with Crippen LogP contribution in [-0.4, -0.2) is 23.7 Å². The zero-order chi connectivity index (χ0) is 7.40. The number of hydrogen-bond acceptors (Lipinski definition) is 3. The number of nitrogens with one attached hydrogen (secondary N) is 1. The molecule has 4 nitrogen and oxygen atoms in total. The summed E-state index contributed by atoms with van der Waals surface area (Å²) in [5, 5.41) is 0. The first kappa shape index (κ1) is 7.08. The van der Waals surface area contributed by atoms with Crippen molar-refractivity contribution in [3.8, 4) is 0 Å². The van der Waals surface area contributed by atoms with Crippen LogP contribution in [0.25, 0.3) is 0 Å². The summed E-state index contributed by atoms with van der Waals surface area (Å²) in [5.41, 5.74) is 5.39. The quantitative estimate of drug-likeness (QED) is 0.631. The maximum Gasteiger partial charge on any atom is 0.120 e. The number of anilines is 1. The Kier molecular flexibility index (Phi) is 2.28. The molecule has 0 aliphatic rings. The maximum absolute atomic E-state index is 5.39. The second-order valence-corrected chi connectivity index (χ2v) is 2.03. The number of aromatic nitrogens is 2. The molecule has 1 rings (SSSR count). The molecule has 56 valence electrons. The average Bonchev–Trinajstić information content (AvgIpc) is 2.31. The zero-order valence-electron chi connectivity index (χ0n) is 5.92. The molecular formula is C6H11N3O. The summed E-state index contributed by atoms with van der Waals surface area (Å²) >= 11 is 0. The summed E-state index contributed by atoms with van der Waals surface area (Å²) in [6.07, 6.45) is 2.39. The molecule has 1 heterocycles. The first-order valence-electron chi connectivity index (χ1n) is 3.11. The van der Waals surface area contributed by atoms with Crippen molar-refractivity contribution < 1.29 is 4.74 Å². The highest BCUT2D eigenvalue weighted by Crippen LogP contribution is 1.97. The number of imidazole rings is 1. The molecule has 0 fully saturated rings. The third-order valence-corrected chi connectivity index (χ3v) is 1.19. The highest BCUT2D eigenvalue weighted by molar-refractivity contribution is 5.24. The van der Waals surface area contributed by atoms with Gasteiger partial charge in [0.2, 0.25) is 0 Å². The predicted molar refractivity (Wildman–Crippen MR) is 38.6 cm³/mol. The predicted octanol–water partition coefficient (Wildman–Crippen LogP) is 0.181. The molecule has 1 aromatic heterocycles. The molecule has 0 aliphatic heterocycles. The molecular weight excluding hydrogens is 130 g/mol. The fourth-order valence-corrected chi connectivity index (χ4v) is 0.704. The first-order chi connectivity index (χ1) is 4.83. The Hall–Kier alpha value is -1.03. The SMILES string of the molecule is COCCc1ncc(N)[nH]1. The van der Waals surface area contributed by atoms with Crippen LogP contribution in [0, 0.1) is 0 Å². The van der Waals surface area contributed by atoms with E-state index >= 15 is 0 Å². The van der Waals surface area contributed by atoms with Gasteiger partial charge in [-0.2, -0.15) is 0 Å². The Morgan fingerprint density at radius 1 is 1.80 bits per heavy atom. The third-order valence-electron chi connectivity index (χ3n) is 1.19. The van der Waals surface area contributed by atoms with E-state index in [0.717, 1.165) is 12.2 Å². The molecule has 0 atom stereocenters. The van der Waals surface area contributed by atoms with Crippen LogP contribution in [0.5, 0.6) is 0 Å². The summed E-state index contributed by atoms with van der Waals surface area (Å²) in [6.45, 7) is 0.674. The number of nitrogens with zero attached hydrogens (tertiary/aromatic N) is 1. The van der Waals surface area contributed by atoms with E-state index in [1.54, 1.807) is 13.3 Å². The van der Waals surface area contributed by atoms with E-state index in [1.165, 1.54) is 0 Å². The van der Waals surface area contributed by atoms with Gasteiger partial charge in [0.1, 0.15) is 11.6 Å². The van der Waals surface area contributed by atoms with Crippen molar-refractivity contribution in [3.63, 3.8) is 0 Å². The van der Waals surface area contributed by atoms with E-state index in [0.29, 0.717) is 12.4 Å². The minimum absolute atomic E-state index is 0.603. The molecule has 0 amide bonds. The van der Waals surface area contributed by atoms with Gasteiger partial charge < -0.3 is 15.5 Å². The standard InChI is InChI=1S/C6H11N3O/c1-10-3-2-6-8-4-5(7)9-6/h4H,2-3,7H2,1H3,(H,8,9). The van der Waals surface area contributed by atoms with Crippen molar-refractivity contribution >= 4 is 5.82 Å². The molecule has 1 aromatic rings. The fourth-order valence-electron chi connectivity index (χ4n) is 0.704. The van der Waals surface area contributed by atoms with Crippen molar-refractivity contribution in [2.45, 2.75) is 6.42 Å². The zero-order valence-corrected chi connectivity index (χ0v) is 5.92. The van der Waals surface area contributed by atoms with Crippen LogP contribution in [0.1, 0.15) is 5.82 Å². The van der Waals surface area contributed by atoms with Crippen molar-refractivity contribution in [2.75, 3.05) is 19.5 Å². The normalized spacial score (nSPS) is 10.1. The van der Waals surface area contributed by atoms with Gasteiger partial charge in [-0.1, -0.05) is 0 Å². The van der Waals surface area contributed by atoms with Crippen LogP contribution in [0.15, 0.2) is 6.20 Å². The average molecular weight is 141 g/mol. The van der Waals surface area contributed by atoms with Crippen molar-refractivity contribution in [1.29, 1.82) is 0 Å². The largest absolute Gasteiger partial charge is 0.384 e. The van der Waals surface area contributed by atoms with E-state index in [9.17, 15) is 0 Å². The van der Waals surface area contributed by atoms with Crippen molar-refractivity contribution in [1.82, 2.24) is 9.97 Å². The van der Waals surface area contributed by atoms with Gasteiger partial charge in [0.25, 0.3) is 0 Å². The Morgan fingerprint density at radius 3 is 3.10 bits per heavy atom. The van der Waals surface area contributed by atoms with Gasteiger partial charge in [-0.3, -0.25) is 0 Å². The summed E-state index contributed by atoms with van der Waals surface area (Å²) in [5.74, 6) is 1.48. The smallest absolute Gasteiger partial charge is 0.120 e. The summed E-state index contributed by atoms with van der Waals surface area (Å²) < 4.78 is 4.85. The Balaban J connectivity index is 2.42. The summed E-state index contributed by atoms with van der Waals surface area (Å²) in [7, 11) is 1.66. The molecule has 0 radical (unpaired) electrons. The molecule has 4 heteroatoms. The molecule has 0 unspecified atom stereocenters. The lowest BCUT2D eigenvalue weighted by Crippen LogP contribution is -1.96. The number of ether oxygens (including phenoxy) is 1. The third kappa shape index (κ3) is 1.73. The van der Waals surface area contributed by atoms with Gasteiger partial charge in [0.15, 0.2) is 0 Å². The molecule has 0 aromatic carbocycles. The minimum atomic E-state index is 0.603. The van der Waals surface area contributed by atoms with Crippen LogP contribution in [-0.2, 0) is 11.2 Å². The molecule has 0 aliphatic carbocycles. The molecule has 0 spiro atoms. The van der Waals surface area contributed by atoms with E-state index in [-0.39, 0.29) is 0 Å². The Bertz CT molecular complexity index is 197. The van der Waals surface area contributed by atoms with E-state index in [2.05, 4.69) is 9.97 Å². The molecule has 3 N–H and O–H groups in total. The number of methoxy groups -OCH3 is 1. The van der Waals surface area contributed by atoms with Gasteiger partial charge >= 0.3 is 0 Å². The van der Waals surface area contributed by atoms with Crippen LogP contribution < -0.4 is 5.73 Å². The van der Waals surface area contributed by atoms with Gasteiger partial charge in [0.05, 0.1) is 12.8 Å². The number of H-pyrrole nitrogens is 1. The number of nitrogen functional groups attached to an aromatic ring is 1. The minimum Gasteiger partial charge on any atom is -0.384 e. The molecule has 0 saturated heterocycles. The highest BCUT2D eigenvalue weighted by Gasteiger charge is 1.94. The second kappa shape index (κ2) is 3.22. The number of rotatable bonds is 3. The van der Waals surface area contributed by atoms with Crippen LogP contribution in [0.4, 0.5) is 5.82 Å². The van der Waals surface area contributed by atoms with Crippen LogP contribution >= 0.6 is 0 Å². The van der Waals surface area contributed by atoms with Gasteiger partial charge in [0, 0.05) is 13.5 Å². The Morgan fingerprint density at radius 2 is 2.60 bits per heavy atom. The van der Waals surface area contributed by atoms with Crippen molar-refractivity contribution in [2.24, 2.45) is 0 Å². The van der Waals surface area contributed by atoms with E-state index in [1.807, 2.05) is 0 Å². The maximum atomic E-state index is 5.39. The second-order valence-electron chi connectivity index (χ2n) is 2.03. The first-order valence-corrected chi connectivity index (χ1v) is 3.11. The monoisotopic (exact) mass is 141 g/mol. The molecule has 0 saturated carbocycles. The number of nitrogens with two attached hydrogens (primary N) is 1. The lowest BCUT2D eigenvalue weighted by Gasteiger charge is -1.92. The lowest BCUT2D eigenvalue weighted by atomic mass is 10.4. The van der Waals surface area contributed by atoms with Crippen LogP contribution in [0.2, 0.25) is 0 Å². The summed E-state index contributed by atoms with van der Waals surface area (Å²) in [4.78, 5) is 6.89. The van der Waals surface area contributed by atoms with Gasteiger partial charge in [-0.25, -0.2) is 4.98 Å². The van der Waals surface area contributed by atoms with E-state index < -0.39 is 0 Å². The molecule has 10 heavy (non-hydrogen) atoms. The number of hydrogen-bond donors (Lipinski definition) is 2. The van der Waals surface area contributed by atoms with E-state index in [4.69, 9.17) is 10.5 Å². The van der Waals surface area contributed by atoms with Crippen molar-refractivity contribution in [3.05, 3.63) is 12.0 Å². The topological polar surface area (TPSA) is 63.9 Å². The van der Waals surface area contributed by atoms with Gasteiger partial charge in [-0.15, -0.1) is 0 Å². The lowest BCUT2D eigenvalue weighted by molar-refractivity contribution is 0.200. The number of aromatic amines is 1. The van der Waals surface area contributed by atoms with Gasteiger partial charge in [-0.05, 0) is 0 Å². The Labute approximate surface area is 59.4 Å². The van der Waals surface area contributed by atoms with Crippen LogP contribution in [0.3, 0.4) is 0 Å². The highest BCUT2D eigenvalue weighted by atomic mass is 16.5.